The van der Waals surface area contributed by atoms with Crippen LogP contribution >= 0.6 is 23.2 Å². The Morgan fingerprint density at radius 2 is 1.96 bits per heavy atom. The number of rotatable bonds is 5. The maximum absolute atomic E-state index is 12.6. The molecule has 24 heavy (non-hydrogen) atoms. The van der Waals surface area contributed by atoms with Crippen LogP contribution in [0.5, 0.6) is 0 Å². The van der Waals surface area contributed by atoms with Crippen molar-refractivity contribution in [3.63, 3.8) is 0 Å². The van der Waals surface area contributed by atoms with Gasteiger partial charge < -0.3 is 9.88 Å². The number of likely N-dealkylation sites (N-methyl/N-ethyl adjacent to an activating group) is 1. The van der Waals surface area contributed by atoms with Crippen LogP contribution in [0.15, 0.2) is 23.0 Å². The van der Waals surface area contributed by atoms with E-state index in [1.54, 1.807) is 30.9 Å². The number of aryl methyl sites for hydroxylation is 2. The average Bonchev–Trinajstić information content (AvgIpc) is 2.51. The molecule has 0 aliphatic carbocycles. The van der Waals surface area contributed by atoms with Gasteiger partial charge in [-0.25, -0.2) is 4.98 Å². The summed E-state index contributed by atoms with van der Waals surface area (Å²) in [6.07, 6.45) is 0.0175. The molecular formula is C17H19Cl2N3O2. The number of hydrogen-bond donors (Lipinski definition) is 1. The Labute approximate surface area is 150 Å². The fraction of sp³-hybridized carbons (Fsp3) is 0.353. The molecule has 0 aliphatic rings. The van der Waals surface area contributed by atoms with E-state index < -0.39 is 0 Å². The lowest BCUT2D eigenvalue weighted by Gasteiger charge is -2.21. The molecule has 1 N–H and O–H groups in total. The largest absolute Gasteiger partial charge is 0.338 e. The van der Waals surface area contributed by atoms with Gasteiger partial charge >= 0.3 is 0 Å². The number of H-pyrrole nitrogens is 1. The van der Waals surface area contributed by atoms with Crippen molar-refractivity contribution in [2.75, 3.05) is 6.54 Å². The highest BCUT2D eigenvalue weighted by Crippen LogP contribution is 2.23. The third-order valence-corrected chi connectivity index (χ3v) is 4.50. The number of hydrogen-bond acceptors (Lipinski definition) is 3. The first-order valence-corrected chi connectivity index (χ1v) is 8.35. The Kier molecular flexibility index (Phi) is 6.02. The van der Waals surface area contributed by atoms with Crippen molar-refractivity contribution >= 4 is 29.1 Å². The second-order valence-corrected chi connectivity index (χ2v) is 6.36. The lowest BCUT2D eigenvalue weighted by Crippen LogP contribution is -2.33. The minimum absolute atomic E-state index is 0.0175. The van der Waals surface area contributed by atoms with Crippen molar-refractivity contribution in [1.82, 2.24) is 14.9 Å². The average molecular weight is 368 g/mol. The molecule has 0 spiro atoms. The van der Waals surface area contributed by atoms with Crippen LogP contribution < -0.4 is 5.56 Å². The van der Waals surface area contributed by atoms with Crippen molar-refractivity contribution in [2.24, 2.45) is 0 Å². The van der Waals surface area contributed by atoms with E-state index in [1.165, 1.54) is 0 Å². The summed E-state index contributed by atoms with van der Waals surface area (Å²) in [6.45, 7) is 6.26. The van der Waals surface area contributed by atoms with Crippen LogP contribution in [0, 0.1) is 13.8 Å². The molecule has 7 heteroatoms. The summed E-state index contributed by atoms with van der Waals surface area (Å²) >= 11 is 11.9. The fourth-order valence-corrected chi connectivity index (χ4v) is 2.78. The van der Waals surface area contributed by atoms with E-state index in [9.17, 15) is 9.59 Å². The standard InChI is InChI=1S/C17H19Cl2N3O2/c1-4-22(9-12-5-6-14(18)15(19)7-12)16(23)8-13-10(2)20-11(3)21-17(13)24/h5-7H,4,8-9H2,1-3H3,(H,20,21,24). The zero-order valence-corrected chi connectivity index (χ0v) is 15.3. The van der Waals surface area contributed by atoms with Crippen LogP contribution in [-0.4, -0.2) is 27.3 Å². The van der Waals surface area contributed by atoms with Gasteiger partial charge in [-0.15, -0.1) is 0 Å². The molecule has 2 aromatic rings. The van der Waals surface area contributed by atoms with Gasteiger partial charge in [0.15, 0.2) is 0 Å². The Morgan fingerprint density at radius 1 is 1.25 bits per heavy atom. The number of nitrogens with zero attached hydrogens (tertiary/aromatic N) is 2. The van der Waals surface area contributed by atoms with Crippen molar-refractivity contribution in [1.29, 1.82) is 0 Å². The molecule has 1 heterocycles. The highest BCUT2D eigenvalue weighted by molar-refractivity contribution is 6.42. The Balaban J connectivity index is 2.17. The molecule has 5 nitrogen and oxygen atoms in total. The summed E-state index contributed by atoms with van der Waals surface area (Å²) in [6, 6.07) is 5.28. The van der Waals surface area contributed by atoms with Crippen LogP contribution in [0.3, 0.4) is 0 Å². The zero-order chi connectivity index (χ0) is 17.9. The SMILES string of the molecule is CCN(Cc1ccc(Cl)c(Cl)c1)C(=O)Cc1c(C)nc(C)[nH]c1=O. The molecule has 0 atom stereocenters. The summed E-state index contributed by atoms with van der Waals surface area (Å²) in [4.78, 5) is 33.1. The lowest BCUT2D eigenvalue weighted by atomic mass is 10.1. The molecule has 0 bridgehead atoms. The monoisotopic (exact) mass is 367 g/mol. The van der Waals surface area contributed by atoms with Gasteiger partial charge in [0.2, 0.25) is 5.91 Å². The summed E-state index contributed by atoms with van der Waals surface area (Å²) < 4.78 is 0. The molecule has 1 aromatic heterocycles. The molecule has 0 unspecified atom stereocenters. The summed E-state index contributed by atoms with van der Waals surface area (Å²) in [5.41, 5.74) is 1.60. The number of aromatic amines is 1. The highest BCUT2D eigenvalue weighted by atomic mass is 35.5. The summed E-state index contributed by atoms with van der Waals surface area (Å²) in [7, 11) is 0. The number of nitrogens with one attached hydrogen (secondary N) is 1. The maximum atomic E-state index is 12.6. The van der Waals surface area contributed by atoms with Gasteiger partial charge in [0, 0.05) is 24.3 Å². The van der Waals surface area contributed by atoms with E-state index in [-0.39, 0.29) is 17.9 Å². The van der Waals surface area contributed by atoms with Gasteiger partial charge in [-0.3, -0.25) is 9.59 Å². The summed E-state index contributed by atoms with van der Waals surface area (Å²) in [5.74, 6) is 0.402. The highest BCUT2D eigenvalue weighted by Gasteiger charge is 2.17. The molecular weight excluding hydrogens is 349 g/mol. The van der Waals surface area contributed by atoms with Crippen molar-refractivity contribution in [3.05, 3.63) is 61.2 Å². The Hall–Kier alpha value is -1.85. The van der Waals surface area contributed by atoms with E-state index in [4.69, 9.17) is 23.2 Å². The molecule has 2 rings (SSSR count). The van der Waals surface area contributed by atoms with Gasteiger partial charge in [-0.05, 0) is 38.5 Å². The molecule has 1 aromatic carbocycles. The molecule has 0 radical (unpaired) electrons. The van der Waals surface area contributed by atoms with E-state index in [0.717, 1.165) is 5.56 Å². The first-order valence-electron chi connectivity index (χ1n) is 7.60. The molecule has 0 saturated carbocycles. The van der Waals surface area contributed by atoms with Crippen LogP contribution in [-0.2, 0) is 17.8 Å². The Morgan fingerprint density at radius 3 is 2.54 bits per heavy atom. The minimum atomic E-state index is -0.265. The van der Waals surface area contributed by atoms with Gasteiger partial charge in [0.05, 0.1) is 16.5 Å². The van der Waals surface area contributed by atoms with Gasteiger partial charge in [-0.1, -0.05) is 29.3 Å². The molecule has 0 saturated heterocycles. The smallest absolute Gasteiger partial charge is 0.254 e. The first kappa shape index (κ1) is 18.5. The van der Waals surface area contributed by atoms with Crippen molar-refractivity contribution in [2.45, 2.75) is 33.7 Å². The molecule has 0 fully saturated rings. The predicted octanol–water partition coefficient (Wildman–Crippen LogP) is 3.28. The fourth-order valence-electron chi connectivity index (χ4n) is 2.46. The number of halogens is 2. The van der Waals surface area contributed by atoms with Crippen LogP contribution in [0.4, 0.5) is 0 Å². The molecule has 0 aliphatic heterocycles. The van der Waals surface area contributed by atoms with Crippen molar-refractivity contribution < 1.29 is 4.79 Å². The number of benzene rings is 1. The second kappa shape index (κ2) is 7.81. The zero-order valence-electron chi connectivity index (χ0n) is 13.8. The van der Waals surface area contributed by atoms with Crippen LogP contribution in [0.1, 0.15) is 29.6 Å². The van der Waals surface area contributed by atoms with Gasteiger partial charge in [-0.2, -0.15) is 0 Å². The molecule has 1 amide bonds. The minimum Gasteiger partial charge on any atom is -0.338 e. The summed E-state index contributed by atoms with van der Waals surface area (Å²) in [5, 5.41) is 0.926. The number of amides is 1. The third kappa shape index (κ3) is 4.36. The van der Waals surface area contributed by atoms with Gasteiger partial charge in [0.1, 0.15) is 5.82 Å². The van der Waals surface area contributed by atoms with Crippen LogP contribution in [0.2, 0.25) is 10.0 Å². The van der Waals surface area contributed by atoms with Crippen LogP contribution in [0.25, 0.3) is 0 Å². The topological polar surface area (TPSA) is 66.1 Å². The lowest BCUT2D eigenvalue weighted by molar-refractivity contribution is -0.130. The first-order chi connectivity index (χ1) is 11.3. The maximum Gasteiger partial charge on any atom is 0.254 e. The van der Waals surface area contributed by atoms with E-state index in [2.05, 4.69) is 9.97 Å². The van der Waals surface area contributed by atoms with E-state index in [1.807, 2.05) is 13.0 Å². The Bertz CT molecular complexity index is 818. The number of carbonyl (C=O) groups excluding carboxylic acids is 1. The second-order valence-electron chi connectivity index (χ2n) is 5.55. The molecule has 128 valence electrons. The number of carbonyl (C=O) groups is 1. The third-order valence-electron chi connectivity index (χ3n) is 3.76. The van der Waals surface area contributed by atoms with Crippen molar-refractivity contribution in [3.8, 4) is 0 Å². The normalized spacial score (nSPS) is 10.7. The number of aromatic nitrogens is 2. The predicted molar refractivity (Wildman–Crippen MR) is 95.6 cm³/mol. The quantitative estimate of drug-likeness (QED) is 0.881. The van der Waals surface area contributed by atoms with E-state index >= 15 is 0 Å². The van der Waals surface area contributed by atoms with E-state index in [0.29, 0.717) is 40.2 Å². The van der Waals surface area contributed by atoms with Gasteiger partial charge in [0.25, 0.3) is 5.56 Å².